The summed E-state index contributed by atoms with van der Waals surface area (Å²) in [6, 6.07) is 4.42. The average Bonchev–Trinajstić information content (AvgIpc) is 2.61. The lowest BCUT2D eigenvalue weighted by atomic mass is 10.1. The van der Waals surface area contributed by atoms with E-state index < -0.39 is 24.6 Å². The average molecular weight is 285 g/mol. The summed E-state index contributed by atoms with van der Waals surface area (Å²) in [7, 11) is 0. The van der Waals surface area contributed by atoms with Gasteiger partial charge in [0, 0.05) is 18.2 Å². The minimum absolute atomic E-state index is 0.123. The van der Waals surface area contributed by atoms with Crippen LogP contribution in [0.3, 0.4) is 0 Å². The van der Waals surface area contributed by atoms with Gasteiger partial charge in [-0.1, -0.05) is 6.07 Å². The molecule has 1 aromatic carbocycles. The second-order valence-corrected chi connectivity index (χ2v) is 4.36. The van der Waals surface area contributed by atoms with E-state index in [0.717, 1.165) is 11.0 Å². The van der Waals surface area contributed by atoms with Crippen LogP contribution in [-0.2, 0) is 11.3 Å². The first-order valence-corrected chi connectivity index (χ1v) is 5.66. The van der Waals surface area contributed by atoms with E-state index in [0.29, 0.717) is 11.1 Å². The van der Waals surface area contributed by atoms with Gasteiger partial charge < -0.3 is 10.0 Å². The van der Waals surface area contributed by atoms with Crippen molar-refractivity contribution in [3.63, 3.8) is 0 Å². The van der Waals surface area contributed by atoms with E-state index in [1.165, 1.54) is 24.3 Å². The molecule has 0 aliphatic carbocycles. The van der Waals surface area contributed by atoms with Crippen molar-refractivity contribution in [2.75, 3.05) is 6.54 Å². The molecule has 1 heterocycles. The first-order valence-electron chi connectivity index (χ1n) is 5.66. The molecule has 0 fully saturated rings. The number of fused-ring (bicyclic) bond motifs is 1. The SMILES string of the molecule is O=C(O)/C=C/c1ccc2c(c1)CN(CC(F)(F)F)C2=O. The Bertz CT molecular complexity index is 593. The zero-order valence-electron chi connectivity index (χ0n) is 10.1. The van der Waals surface area contributed by atoms with Gasteiger partial charge in [0.2, 0.25) is 0 Å². The molecule has 0 aromatic heterocycles. The number of amides is 1. The smallest absolute Gasteiger partial charge is 0.406 e. The summed E-state index contributed by atoms with van der Waals surface area (Å²) in [6.45, 7) is -1.41. The maximum Gasteiger partial charge on any atom is 0.406 e. The minimum atomic E-state index is -4.44. The highest BCUT2D eigenvalue weighted by molar-refractivity contribution is 5.98. The quantitative estimate of drug-likeness (QED) is 0.867. The zero-order valence-corrected chi connectivity index (χ0v) is 10.1. The monoisotopic (exact) mass is 285 g/mol. The number of carbonyl (C=O) groups excluding carboxylic acids is 1. The van der Waals surface area contributed by atoms with Crippen LogP contribution in [0.25, 0.3) is 6.08 Å². The van der Waals surface area contributed by atoms with Gasteiger partial charge in [0.15, 0.2) is 0 Å². The van der Waals surface area contributed by atoms with Crippen LogP contribution in [0.4, 0.5) is 13.2 Å². The fourth-order valence-corrected chi connectivity index (χ4v) is 2.02. The summed E-state index contributed by atoms with van der Waals surface area (Å²) in [5, 5.41) is 8.51. The third-order valence-corrected chi connectivity index (χ3v) is 2.80. The van der Waals surface area contributed by atoms with Crippen molar-refractivity contribution in [2.24, 2.45) is 0 Å². The predicted molar refractivity (Wildman–Crippen MR) is 63.9 cm³/mol. The summed E-state index contributed by atoms with van der Waals surface area (Å²) in [5.41, 5.74) is 1.21. The van der Waals surface area contributed by atoms with E-state index >= 15 is 0 Å². The number of hydrogen-bond acceptors (Lipinski definition) is 2. The molecule has 0 unspecified atom stereocenters. The minimum Gasteiger partial charge on any atom is -0.478 e. The molecule has 0 spiro atoms. The number of rotatable bonds is 3. The number of carboxylic acid groups (broad SMARTS) is 1. The molecule has 4 nitrogen and oxygen atoms in total. The van der Waals surface area contributed by atoms with Crippen LogP contribution < -0.4 is 0 Å². The lowest BCUT2D eigenvalue weighted by Crippen LogP contribution is -2.34. The number of alkyl halides is 3. The van der Waals surface area contributed by atoms with Crippen molar-refractivity contribution in [1.29, 1.82) is 0 Å². The fraction of sp³-hybridized carbons (Fsp3) is 0.231. The summed E-state index contributed by atoms with van der Waals surface area (Å²) in [4.78, 5) is 22.9. The number of carboxylic acids is 1. The van der Waals surface area contributed by atoms with Gasteiger partial charge in [0.1, 0.15) is 6.54 Å². The number of benzene rings is 1. The highest BCUT2D eigenvalue weighted by Gasteiger charge is 2.37. The van der Waals surface area contributed by atoms with Crippen molar-refractivity contribution in [3.8, 4) is 0 Å². The van der Waals surface area contributed by atoms with E-state index in [1.54, 1.807) is 0 Å². The van der Waals surface area contributed by atoms with Crippen molar-refractivity contribution in [3.05, 3.63) is 41.0 Å². The van der Waals surface area contributed by atoms with E-state index in [2.05, 4.69) is 0 Å². The molecule has 20 heavy (non-hydrogen) atoms. The number of nitrogens with zero attached hydrogens (tertiary/aromatic N) is 1. The molecule has 1 aliphatic rings. The summed E-state index contributed by atoms with van der Waals surface area (Å²) >= 11 is 0. The van der Waals surface area contributed by atoms with Crippen LogP contribution in [0.5, 0.6) is 0 Å². The molecule has 1 N–H and O–H groups in total. The Morgan fingerprint density at radius 3 is 2.70 bits per heavy atom. The topological polar surface area (TPSA) is 57.6 Å². The van der Waals surface area contributed by atoms with Gasteiger partial charge in [-0.15, -0.1) is 0 Å². The Kier molecular flexibility index (Phi) is 3.52. The summed E-state index contributed by atoms with van der Waals surface area (Å²) in [6.07, 6.45) is -2.20. The Labute approximate surface area is 112 Å². The van der Waals surface area contributed by atoms with Crippen molar-refractivity contribution < 1.29 is 27.9 Å². The van der Waals surface area contributed by atoms with Gasteiger partial charge in [-0.25, -0.2) is 4.79 Å². The highest BCUT2D eigenvalue weighted by Crippen LogP contribution is 2.27. The molecular weight excluding hydrogens is 275 g/mol. The standard InChI is InChI=1S/C13H10F3NO3/c14-13(15,16)7-17-6-9-5-8(2-4-11(18)19)1-3-10(9)12(17)20/h1-5H,6-7H2,(H,18,19)/b4-2+. The third kappa shape index (κ3) is 3.17. The van der Waals surface area contributed by atoms with Crippen LogP contribution in [0.15, 0.2) is 24.3 Å². The molecule has 7 heteroatoms. The second kappa shape index (κ2) is 4.99. The normalized spacial score (nSPS) is 14.9. The Hall–Kier alpha value is -2.31. The molecule has 1 amide bonds. The number of hydrogen-bond donors (Lipinski definition) is 1. The van der Waals surface area contributed by atoms with E-state index in [1.807, 2.05) is 0 Å². The second-order valence-electron chi connectivity index (χ2n) is 4.36. The Morgan fingerprint density at radius 2 is 2.10 bits per heavy atom. The fourth-order valence-electron chi connectivity index (χ4n) is 2.02. The molecule has 106 valence electrons. The van der Waals surface area contributed by atoms with Crippen molar-refractivity contribution in [2.45, 2.75) is 12.7 Å². The Balaban J connectivity index is 2.21. The maximum absolute atomic E-state index is 12.3. The summed E-state index contributed by atoms with van der Waals surface area (Å²) in [5.74, 6) is -1.79. The number of carbonyl (C=O) groups is 2. The molecule has 0 saturated heterocycles. The first kappa shape index (κ1) is 14.1. The van der Waals surface area contributed by atoms with Gasteiger partial charge in [-0.2, -0.15) is 13.2 Å². The van der Waals surface area contributed by atoms with Crippen LogP contribution in [0.2, 0.25) is 0 Å². The van der Waals surface area contributed by atoms with Gasteiger partial charge >= 0.3 is 12.1 Å². The van der Waals surface area contributed by atoms with Gasteiger partial charge in [0.05, 0.1) is 0 Å². The maximum atomic E-state index is 12.3. The lowest BCUT2D eigenvalue weighted by molar-refractivity contribution is -0.141. The van der Waals surface area contributed by atoms with Gasteiger partial charge in [-0.3, -0.25) is 4.79 Å². The molecule has 0 atom stereocenters. The third-order valence-electron chi connectivity index (χ3n) is 2.80. The molecule has 0 bridgehead atoms. The highest BCUT2D eigenvalue weighted by atomic mass is 19.4. The van der Waals surface area contributed by atoms with Crippen LogP contribution in [0, 0.1) is 0 Å². The van der Waals surface area contributed by atoms with Crippen molar-refractivity contribution in [1.82, 2.24) is 4.90 Å². The largest absolute Gasteiger partial charge is 0.478 e. The van der Waals surface area contributed by atoms with Crippen molar-refractivity contribution >= 4 is 18.0 Å². The molecular formula is C13H10F3NO3. The predicted octanol–water partition coefficient (Wildman–Crippen LogP) is 2.30. The molecule has 1 aromatic rings. The number of aliphatic carboxylic acids is 1. The zero-order chi connectivity index (χ0) is 14.9. The first-order chi connectivity index (χ1) is 9.26. The summed E-state index contributed by atoms with van der Waals surface area (Å²) < 4.78 is 37.0. The molecule has 0 saturated carbocycles. The van der Waals surface area contributed by atoms with Gasteiger partial charge in [-0.05, 0) is 29.3 Å². The van der Waals surface area contributed by atoms with Gasteiger partial charge in [0.25, 0.3) is 5.91 Å². The van der Waals surface area contributed by atoms with E-state index in [-0.39, 0.29) is 12.1 Å². The molecule has 1 aliphatic heterocycles. The van der Waals surface area contributed by atoms with Crippen LogP contribution in [0.1, 0.15) is 21.5 Å². The van der Waals surface area contributed by atoms with E-state index in [9.17, 15) is 22.8 Å². The van der Waals surface area contributed by atoms with Crippen LogP contribution in [-0.4, -0.2) is 34.6 Å². The van der Waals surface area contributed by atoms with Crippen LogP contribution >= 0.6 is 0 Å². The van der Waals surface area contributed by atoms with E-state index in [4.69, 9.17) is 5.11 Å². The Morgan fingerprint density at radius 1 is 1.40 bits per heavy atom. The molecule has 2 rings (SSSR count). The molecule has 0 radical (unpaired) electrons. The number of halogens is 3. The lowest BCUT2D eigenvalue weighted by Gasteiger charge is -2.17.